The van der Waals surface area contributed by atoms with Gasteiger partial charge in [-0.05, 0) is 30.7 Å². The smallest absolute Gasteiger partial charge is 0.395 e. The number of nitrogens with zero attached hydrogens (tertiary/aromatic N) is 1. The van der Waals surface area contributed by atoms with E-state index in [0.717, 1.165) is 22.5 Å². The zero-order chi connectivity index (χ0) is 31.7. The van der Waals surface area contributed by atoms with Gasteiger partial charge in [0, 0.05) is 50.9 Å². The number of sulfonamides is 1. The molecular weight excluding hydrogens is 586 g/mol. The van der Waals surface area contributed by atoms with Crippen LogP contribution in [0.25, 0.3) is 0 Å². The Morgan fingerprint density at radius 3 is 2.47 bits per heavy atom. The lowest BCUT2D eigenvalue weighted by Crippen LogP contribution is -2.55. The third-order valence-corrected chi connectivity index (χ3v) is 8.16. The van der Waals surface area contributed by atoms with E-state index in [1.165, 1.54) is 0 Å². The number of fused-ring (bicyclic) bond motifs is 1. The zero-order valence-corrected chi connectivity index (χ0v) is 25.0. The first-order valence-electron chi connectivity index (χ1n) is 13.6. The Bertz CT molecular complexity index is 1450. The van der Waals surface area contributed by atoms with E-state index in [4.69, 9.17) is 0 Å². The van der Waals surface area contributed by atoms with Crippen LogP contribution >= 0.6 is 0 Å². The Balaban J connectivity index is 1.81. The van der Waals surface area contributed by atoms with Crippen LogP contribution in [0.1, 0.15) is 38.7 Å². The zero-order valence-electron chi connectivity index (χ0n) is 24.2. The van der Waals surface area contributed by atoms with E-state index in [1.54, 1.807) is 51.2 Å². The van der Waals surface area contributed by atoms with Gasteiger partial charge < -0.3 is 25.2 Å². The number of alkyl halides is 2. The van der Waals surface area contributed by atoms with E-state index in [0.29, 0.717) is 5.56 Å². The number of hydrogen-bond acceptors (Lipinski definition) is 8. The second-order valence-corrected chi connectivity index (χ2v) is 12.2. The number of halogens is 2. The molecule has 0 saturated heterocycles. The highest BCUT2D eigenvalue weighted by atomic mass is 32.2. The quantitative estimate of drug-likeness (QED) is 0.143. The summed E-state index contributed by atoms with van der Waals surface area (Å²) in [6, 6.07) is 14.3. The molecule has 4 N–H and O–H groups in total. The third kappa shape index (κ3) is 9.62. The van der Waals surface area contributed by atoms with Crippen LogP contribution in [-0.4, -0.2) is 68.3 Å². The largest absolute Gasteiger partial charge is 0.586 e. The van der Waals surface area contributed by atoms with E-state index in [1.807, 2.05) is 0 Å². The SMILES string of the molecule is CNCC(=O)NC#CCCC(=O)NCCC(O)(Cc1ccccc1)N(CC(C)C)S(=O)(=O)c1ccc2c(c1)OC(F)(F)O2. The summed E-state index contributed by atoms with van der Waals surface area (Å²) in [6.07, 6.45) is -4.05. The molecule has 2 aromatic rings. The molecule has 0 aliphatic carbocycles. The summed E-state index contributed by atoms with van der Waals surface area (Å²) in [5, 5.41) is 19.8. The Morgan fingerprint density at radius 1 is 1.09 bits per heavy atom. The van der Waals surface area contributed by atoms with Crippen molar-refractivity contribution in [3.05, 3.63) is 54.1 Å². The number of benzene rings is 2. The maximum absolute atomic E-state index is 14.0. The summed E-state index contributed by atoms with van der Waals surface area (Å²) in [5.41, 5.74) is -1.38. The van der Waals surface area contributed by atoms with Crippen molar-refractivity contribution >= 4 is 21.8 Å². The van der Waals surface area contributed by atoms with Gasteiger partial charge in [-0.15, -0.1) is 8.78 Å². The fraction of sp³-hybridized carbons (Fsp3) is 0.448. The molecule has 0 bridgehead atoms. The van der Waals surface area contributed by atoms with Gasteiger partial charge in [-0.1, -0.05) is 50.1 Å². The van der Waals surface area contributed by atoms with Crippen LogP contribution in [0, 0.1) is 17.9 Å². The van der Waals surface area contributed by atoms with Crippen LogP contribution in [0.15, 0.2) is 53.4 Å². The topological polar surface area (TPSA) is 146 Å². The van der Waals surface area contributed by atoms with Crippen molar-refractivity contribution in [3.8, 4) is 23.5 Å². The Labute approximate surface area is 250 Å². The van der Waals surface area contributed by atoms with E-state index in [2.05, 4.69) is 37.4 Å². The molecular formula is C29H36F2N4O7S. The summed E-state index contributed by atoms with van der Waals surface area (Å²) >= 11 is 0. The Kier molecular flexibility index (Phi) is 11.5. The highest BCUT2D eigenvalue weighted by Gasteiger charge is 2.46. The van der Waals surface area contributed by atoms with Crippen LogP contribution < -0.4 is 25.4 Å². The summed E-state index contributed by atoms with van der Waals surface area (Å²) < 4.78 is 65.0. The van der Waals surface area contributed by atoms with Gasteiger partial charge in [0.25, 0.3) is 0 Å². The number of carbonyl (C=O) groups is 2. The average Bonchev–Trinajstić information content (AvgIpc) is 3.25. The molecule has 1 aliphatic heterocycles. The first kappa shape index (κ1) is 33.7. The molecule has 0 fully saturated rings. The van der Waals surface area contributed by atoms with Crippen LogP contribution in [0.5, 0.6) is 11.5 Å². The maximum atomic E-state index is 14.0. The van der Waals surface area contributed by atoms with E-state index in [9.17, 15) is 31.9 Å². The monoisotopic (exact) mass is 622 g/mol. The lowest BCUT2D eigenvalue weighted by molar-refractivity contribution is -0.286. The molecule has 0 aromatic heterocycles. The summed E-state index contributed by atoms with van der Waals surface area (Å²) in [4.78, 5) is 23.5. The lowest BCUT2D eigenvalue weighted by Gasteiger charge is -2.40. The molecule has 43 heavy (non-hydrogen) atoms. The second-order valence-electron chi connectivity index (χ2n) is 10.3. The molecule has 0 spiro atoms. The summed E-state index contributed by atoms with van der Waals surface area (Å²) in [5.74, 6) is 0.985. The first-order chi connectivity index (χ1) is 20.3. The van der Waals surface area contributed by atoms with Crippen LogP contribution in [0.3, 0.4) is 0 Å². The molecule has 1 unspecified atom stereocenters. The molecule has 11 nitrogen and oxygen atoms in total. The highest BCUT2D eigenvalue weighted by molar-refractivity contribution is 7.89. The molecule has 3 rings (SSSR count). The molecule has 1 heterocycles. The number of ether oxygens (including phenoxy) is 2. The molecule has 1 aliphatic rings. The van der Waals surface area contributed by atoms with Gasteiger partial charge >= 0.3 is 6.29 Å². The van der Waals surface area contributed by atoms with Gasteiger partial charge in [-0.3, -0.25) is 14.9 Å². The van der Waals surface area contributed by atoms with E-state index < -0.39 is 27.8 Å². The predicted octanol–water partition coefficient (Wildman–Crippen LogP) is 2.17. The van der Waals surface area contributed by atoms with Crippen molar-refractivity contribution in [2.24, 2.45) is 5.92 Å². The number of likely N-dealkylation sites (N-methyl/N-ethyl adjacent to an activating group) is 1. The summed E-state index contributed by atoms with van der Waals surface area (Å²) in [7, 11) is -2.86. The van der Waals surface area contributed by atoms with Crippen LogP contribution in [0.2, 0.25) is 0 Å². The number of aliphatic hydroxyl groups is 1. The number of rotatable bonds is 14. The van der Waals surface area contributed by atoms with Gasteiger partial charge in [0.2, 0.25) is 21.8 Å². The minimum atomic E-state index is -4.48. The predicted molar refractivity (Wildman–Crippen MR) is 153 cm³/mol. The van der Waals surface area contributed by atoms with Gasteiger partial charge in [-0.2, -0.15) is 4.31 Å². The Morgan fingerprint density at radius 2 is 1.79 bits per heavy atom. The molecule has 2 amide bonds. The van der Waals surface area contributed by atoms with E-state index >= 15 is 0 Å². The third-order valence-electron chi connectivity index (χ3n) is 6.24. The Hall–Kier alpha value is -3.77. The van der Waals surface area contributed by atoms with Crippen molar-refractivity contribution < 1.29 is 41.4 Å². The number of hydrogen-bond donors (Lipinski definition) is 4. The fourth-order valence-electron chi connectivity index (χ4n) is 4.31. The van der Waals surface area contributed by atoms with E-state index in [-0.39, 0.29) is 73.7 Å². The van der Waals surface area contributed by atoms with Crippen molar-refractivity contribution in [3.63, 3.8) is 0 Å². The van der Waals surface area contributed by atoms with Crippen molar-refractivity contribution in [2.45, 2.75) is 56.4 Å². The number of carbonyl (C=O) groups excluding carboxylic acids is 2. The number of nitrogens with one attached hydrogen (secondary N) is 3. The lowest BCUT2D eigenvalue weighted by atomic mass is 9.98. The molecule has 2 aromatic carbocycles. The van der Waals surface area contributed by atoms with Crippen LogP contribution in [0.4, 0.5) is 8.78 Å². The maximum Gasteiger partial charge on any atom is 0.586 e. The second kappa shape index (κ2) is 14.6. The molecule has 234 valence electrons. The molecule has 1 atom stereocenters. The van der Waals surface area contributed by atoms with Crippen molar-refractivity contribution in [1.29, 1.82) is 0 Å². The molecule has 0 radical (unpaired) electrons. The average molecular weight is 623 g/mol. The minimum absolute atomic E-state index is 0.0157. The van der Waals surface area contributed by atoms with Crippen LogP contribution in [-0.2, 0) is 26.0 Å². The number of amides is 2. The molecule has 0 saturated carbocycles. The van der Waals surface area contributed by atoms with Gasteiger partial charge in [0.05, 0.1) is 11.4 Å². The van der Waals surface area contributed by atoms with Gasteiger partial charge in [0.15, 0.2) is 11.5 Å². The van der Waals surface area contributed by atoms with Crippen molar-refractivity contribution in [2.75, 3.05) is 26.7 Å². The van der Waals surface area contributed by atoms with Gasteiger partial charge in [0.1, 0.15) is 5.72 Å². The first-order valence-corrected chi connectivity index (χ1v) is 15.1. The molecule has 14 heteroatoms. The summed E-state index contributed by atoms with van der Waals surface area (Å²) in [6.45, 7) is 3.46. The normalized spacial score (nSPS) is 15.0. The van der Waals surface area contributed by atoms with Crippen molar-refractivity contribution in [1.82, 2.24) is 20.3 Å². The standard InChI is InChI=1S/C29H36F2N4O7S/c1-21(2)20-35(43(39,40)23-12-13-24-25(17-23)42-29(30,31)41-24)28(38,18-22-9-5-4-6-10-22)14-16-34-26(36)11-7-8-15-33-27(37)19-32-3/h4-6,9-10,12-13,17,21,32,38H,7,11,14,16,18-20H2,1-3H3,(H,33,37)(H,34,36). The highest BCUT2D eigenvalue weighted by Crippen LogP contribution is 2.43. The van der Waals surface area contributed by atoms with Gasteiger partial charge in [-0.25, -0.2) is 8.42 Å². The minimum Gasteiger partial charge on any atom is -0.395 e. The fourth-order valence-corrected chi connectivity index (χ4v) is 6.16.